The fraction of sp³-hybridized carbons (Fsp3) is 0.947. The number of esters is 2. The molecule has 0 radical (unpaired) electrons. The predicted octanol–water partition coefficient (Wildman–Crippen LogP) is 10.2. The molecule has 48 heavy (non-hydrogen) atoms. The van der Waals surface area contributed by atoms with Crippen molar-refractivity contribution in [2.45, 2.75) is 218 Å². The van der Waals surface area contributed by atoms with E-state index in [1.807, 2.05) is 0 Å². The zero-order valence-electron chi connectivity index (χ0n) is 30.9. The fourth-order valence-electron chi connectivity index (χ4n) is 6.48. The molecule has 2 rings (SSSR count). The number of unbranched alkanes of at least 4 members (excludes halogenated alkanes) is 24. The van der Waals surface area contributed by atoms with Crippen LogP contribution in [0.2, 0.25) is 0 Å². The quantitative estimate of drug-likeness (QED) is 0.0220. The first kappa shape index (κ1) is 43.2. The van der Waals surface area contributed by atoms with E-state index >= 15 is 0 Å². The van der Waals surface area contributed by atoms with Gasteiger partial charge in [0.1, 0.15) is 13.2 Å². The van der Waals surface area contributed by atoms with Crippen LogP contribution >= 0.6 is 7.82 Å². The summed E-state index contributed by atoms with van der Waals surface area (Å²) in [5.41, 5.74) is 5.76. The molecule has 0 aromatic carbocycles. The molecule has 2 aliphatic rings. The van der Waals surface area contributed by atoms with Crippen molar-refractivity contribution in [1.82, 2.24) is 0 Å². The second-order valence-corrected chi connectivity index (χ2v) is 16.0. The number of carbonyl (C=O) groups excluding carboxylic acids is 2. The van der Waals surface area contributed by atoms with Gasteiger partial charge >= 0.3 is 19.8 Å². The van der Waals surface area contributed by atoms with E-state index in [4.69, 9.17) is 19.7 Å². The lowest BCUT2D eigenvalue weighted by molar-refractivity contribution is -0.161. The van der Waals surface area contributed by atoms with Crippen LogP contribution in [0, 0.1) is 0 Å². The van der Waals surface area contributed by atoms with Gasteiger partial charge in [-0.25, -0.2) is 4.52 Å². The highest BCUT2D eigenvalue weighted by molar-refractivity contribution is 7.48. The normalized spacial score (nSPS) is 20.2. The van der Waals surface area contributed by atoms with Gasteiger partial charge < -0.3 is 19.4 Å². The number of epoxide rings is 1. The second kappa shape index (κ2) is 26.8. The maximum atomic E-state index is 12.6. The van der Waals surface area contributed by atoms with Crippen molar-refractivity contribution in [3.63, 3.8) is 0 Å². The van der Waals surface area contributed by atoms with Crippen LogP contribution in [-0.2, 0) is 32.3 Å². The van der Waals surface area contributed by atoms with Gasteiger partial charge in [0.2, 0.25) is 0 Å². The van der Waals surface area contributed by atoms with Crippen molar-refractivity contribution < 1.29 is 37.2 Å². The number of carbonyl (C=O) groups is 2. The Kier molecular flexibility index (Phi) is 24.1. The maximum Gasteiger partial charge on any atom is 0.634 e. The van der Waals surface area contributed by atoms with Gasteiger partial charge in [-0.3, -0.25) is 14.5 Å². The van der Waals surface area contributed by atoms with E-state index in [9.17, 15) is 19.0 Å². The first-order valence-corrected chi connectivity index (χ1v) is 21.6. The van der Waals surface area contributed by atoms with Crippen LogP contribution in [0.25, 0.3) is 0 Å². The Hall–Kier alpha value is -0.990. The van der Waals surface area contributed by atoms with E-state index in [0.717, 1.165) is 38.5 Å². The zero-order valence-corrected chi connectivity index (χ0v) is 31.7. The molecule has 0 bridgehead atoms. The second-order valence-electron chi connectivity index (χ2n) is 14.4. The van der Waals surface area contributed by atoms with Gasteiger partial charge in [0.05, 0.1) is 0 Å². The summed E-state index contributed by atoms with van der Waals surface area (Å²) in [5, 5.41) is 0. The van der Waals surface area contributed by atoms with Crippen LogP contribution in [0.1, 0.15) is 194 Å². The smallest absolute Gasteiger partial charge is 0.462 e. The van der Waals surface area contributed by atoms with Crippen LogP contribution in [-0.4, -0.2) is 54.4 Å². The molecule has 1 aliphatic heterocycles. The van der Waals surface area contributed by atoms with Gasteiger partial charge in [-0.1, -0.05) is 168 Å². The van der Waals surface area contributed by atoms with Crippen molar-refractivity contribution in [1.29, 1.82) is 0 Å². The third-order valence-corrected chi connectivity index (χ3v) is 11.3. The minimum absolute atomic E-state index is 0.112. The predicted molar refractivity (Wildman–Crippen MR) is 194 cm³/mol. The molecule has 282 valence electrons. The van der Waals surface area contributed by atoms with Gasteiger partial charge in [-0.2, -0.15) is 4.57 Å². The molecule has 1 aliphatic carbocycles. The molecule has 0 spiro atoms. The summed E-state index contributed by atoms with van der Waals surface area (Å²) < 4.78 is 31.1. The molecule has 1 heterocycles. The van der Waals surface area contributed by atoms with E-state index in [1.165, 1.54) is 128 Å². The molecule has 0 aromatic rings. The van der Waals surface area contributed by atoms with Gasteiger partial charge in [-0.15, -0.1) is 0 Å². The summed E-state index contributed by atoms with van der Waals surface area (Å²) in [5.74, 6) is -0.758. The number of hydrogen-bond donors (Lipinski definition) is 2. The van der Waals surface area contributed by atoms with Crippen molar-refractivity contribution >= 4 is 19.8 Å². The molecule has 0 amide bonds. The topological polar surface area (TPSA) is 128 Å². The Labute approximate surface area is 293 Å². The summed E-state index contributed by atoms with van der Waals surface area (Å²) in [4.78, 5) is 35.3. The highest BCUT2D eigenvalue weighted by Crippen LogP contribution is 2.72. The van der Waals surface area contributed by atoms with E-state index in [2.05, 4.69) is 18.0 Å². The Morgan fingerprint density at radius 1 is 0.604 bits per heavy atom. The highest BCUT2D eigenvalue weighted by Gasteiger charge is 2.89. The summed E-state index contributed by atoms with van der Waals surface area (Å²) >= 11 is 0. The number of ether oxygens (including phenoxy) is 2. The van der Waals surface area contributed by atoms with Crippen molar-refractivity contribution in [2.24, 2.45) is 5.73 Å². The lowest BCUT2D eigenvalue weighted by atomic mass is 10.0. The standard InChI is InChI=1S/C38H72NO8P/c1-3-5-7-9-11-13-15-17-19-21-23-25-27-29-34(40)44-31-33(32-45-48(42,43)47-37-36(39)38(37)47)46-35(41)30-28-26-24-22-20-18-16-14-12-10-8-6-4-2/h33,36-38H,3-32,39H2,1-2H3/p+1/t33-,36?,37-,38+/m1/s1. The molecule has 3 N–H and O–H groups in total. The number of hydrogen-bond acceptors (Lipinski definition) is 7. The first-order chi connectivity index (χ1) is 23.3. The number of nitrogens with two attached hydrogens (primary N) is 1. The van der Waals surface area contributed by atoms with Crippen LogP contribution in [0.5, 0.6) is 0 Å². The Balaban J connectivity index is 1.55. The zero-order chi connectivity index (χ0) is 34.9. The average Bonchev–Trinajstić information content (AvgIpc) is 3.98. The number of fused-ring (bicyclic) bond motifs is 1. The molecule has 9 nitrogen and oxygen atoms in total. The van der Waals surface area contributed by atoms with E-state index in [1.54, 1.807) is 0 Å². The lowest BCUT2D eigenvalue weighted by Crippen LogP contribution is -2.30. The average molecular weight is 703 g/mol. The summed E-state index contributed by atoms with van der Waals surface area (Å²) in [6, 6.07) is -0.112. The van der Waals surface area contributed by atoms with E-state index < -0.39 is 19.9 Å². The molecule has 5 atom stereocenters. The Bertz CT molecular complexity index is 879. The fourth-order valence-corrected chi connectivity index (χ4v) is 8.04. The van der Waals surface area contributed by atoms with Gasteiger partial charge in [0, 0.05) is 12.8 Å². The molecule has 1 saturated heterocycles. The molecular weight excluding hydrogens is 629 g/mol. The van der Waals surface area contributed by atoms with Crippen LogP contribution < -0.4 is 5.73 Å². The summed E-state index contributed by atoms with van der Waals surface area (Å²) in [6.07, 6.45) is 31.2. The third kappa shape index (κ3) is 20.0. The van der Waals surface area contributed by atoms with E-state index in [-0.39, 0.29) is 43.9 Å². The maximum absolute atomic E-state index is 12.6. The molecule has 2 unspecified atom stereocenters. The van der Waals surface area contributed by atoms with Gasteiger partial charge in [0.25, 0.3) is 12.2 Å². The summed E-state index contributed by atoms with van der Waals surface area (Å²) in [6.45, 7) is 3.97. The van der Waals surface area contributed by atoms with Crippen molar-refractivity contribution in [3.8, 4) is 0 Å². The molecule has 2 fully saturated rings. The SMILES string of the molecule is CCCCCCCCCCCCCCCC(=O)OC[C@H](COP(=O)(O)[O+]1[C@@H]2C(N)[C@@H]21)OC(=O)CCCCCCCCCCCCCCC. The Morgan fingerprint density at radius 2 is 0.958 bits per heavy atom. The number of rotatable bonds is 35. The Morgan fingerprint density at radius 3 is 1.33 bits per heavy atom. The molecule has 1 saturated carbocycles. The monoisotopic (exact) mass is 703 g/mol. The molecule has 0 aromatic heterocycles. The molecular formula is C38H73NO8P+. The largest absolute Gasteiger partial charge is 0.634 e. The minimum atomic E-state index is -4.10. The van der Waals surface area contributed by atoms with Crippen molar-refractivity contribution in [3.05, 3.63) is 0 Å². The van der Waals surface area contributed by atoms with Gasteiger partial charge in [-0.05, 0) is 12.8 Å². The van der Waals surface area contributed by atoms with Crippen LogP contribution in [0.4, 0.5) is 0 Å². The summed E-state index contributed by atoms with van der Waals surface area (Å²) in [7, 11) is -4.10. The van der Waals surface area contributed by atoms with Crippen LogP contribution in [0.15, 0.2) is 0 Å². The highest BCUT2D eigenvalue weighted by atomic mass is 31.2. The minimum Gasteiger partial charge on any atom is -0.462 e. The van der Waals surface area contributed by atoms with Gasteiger partial charge in [0.15, 0.2) is 12.1 Å². The third-order valence-electron chi connectivity index (χ3n) is 9.81. The van der Waals surface area contributed by atoms with Crippen LogP contribution in [0.3, 0.4) is 0 Å². The lowest BCUT2D eigenvalue weighted by Gasteiger charge is -2.19. The van der Waals surface area contributed by atoms with Crippen molar-refractivity contribution in [2.75, 3.05) is 13.2 Å². The molecule has 10 heteroatoms. The first-order valence-electron chi connectivity index (χ1n) is 20.1. The van der Waals surface area contributed by atoms with E-state index in [0.29, 0.717) is 6.42 Å².